The first kappa shape index (κ1) is 56.7. The van der Waals surface area contributed by atoms with Gasteiger partial charge in [0.15, 0.2) is 6.10 Å². The number of esters is 5. The van der Waals surface area contributed by atoms with E-state index in [0.29, 0.717) is 19.6 Å². The van der Waals surface area contributed by atoms with Crippen molar-refractivity contribution in [3.63, 3.8) is 0 Å². The molecule has 0 amide bonds. The SMILES string of the molecule is C=CC(=O)OCC(COC(=O)C=C)OC(=O)C=C.C=CC(=O)OCCCCCCCC.C=CC(=O)OCCCCCCCCC.CCC(CO)(CO)CO. The Kier molecular flexibility index (Phi) is 45.5. The summed E-state index contributed by atoms with van der Waals surface area (Å²) in [7, 11) is 0. The zero-order valence-electron chi connectivity index (χ0n) is 33.3. The van der Waals surface area contributed by atoms with Crippen molar-refractivity contribution in [2.75, 3.05) is 46.2 Å². The molecule has 0 aromatic rings. The van der Waals surface area contributed by atoms with Crippen LogP contribution >= 0.6 is 0 Å². The quantitative estimate of drug-likeness (QED) is 0.0326. The van der Waals surface area contributed by atoms with Gasteiger partial charge in [0, 0.05) is 35.8 Å². The molecule has 0 heterocycles. The van der Waals surface area contributed by atoms with Gasteiger partial charge in [-0.2, -0.15) is 0 Å². The molecular weight excluding hydrogens is 700 g/mol. The van der Waals surface area contributed by atoms with Gasteiger partial charge in [-0.1, -0.05) is 124 Å². The van der Waals surface area contributed by atoms with Crippen molar-refractivity contribution in [2.45, 2.75) is 117 Å². The third-order valence-electron chi connectivity index (χ3n) is 7.43. The molecule has 0 aromatic carbocycles. The average molecular weight is 771 g/mol. The van der Waals surface area contributed by atoms with Gasteiger partial charge in [-0.3, -0.25) is 0 Å². The predicted octanol–water partition coefficient (Wildman–Crippen LogP) is 6.44. The minimum Gasteiger partial charge on any atom is -0.463 e. The number of aliphatic hydroxyl groups is 3. The van der Waals surface area contributed by atoms with Gasteiger partial charge in [0.1, 0.15) is 13.2 Å². The molecule has 0 unspecified atom stereocenters. The van der Waals surface area contributed by atoms with Crippen LogP contribution in [0.3, 0.4) is 0 Å². The number of carbonyl (C=O) groups excluding carboxylic acids is 5. The Morgan fingerprint density at radius 1 is 0.481 bits per heavy atom. The lowest BCUT2D eigenvalue weighted by Crippen LogP contribution is -2.32. The third kappa shape index (κ3) is 40.7. The maximum atomic E-state index is 11.0. The lowest BCUT2D eigenvalue weighted by atomic mass is 9.88. The fourth-order valence-corrected chi connectivity index (χ4v) is 3.69. The zero-order chi connectivity index (χ0) is 41.9. The molecule has 54 heavy (non-hydrogen) atoms. The van der Waals surface area contributed by atoms with Crippen LogP contribution in [0.2, 0.25) is 0 Å². The van der Waals surface area contributed by atoms with Gasteiger partial charge in [-0.15, -0.1) is 0 Å². The van der Waals surface area contributed by atoms with Crippen molar-refractivity contribution in [3.05, 3.63) is 63.3 Å². The molecule has 0 aliphatic heterocycles. The van der Waals surface area contributed by atoms with Crippen molar-refractivity contribution in [1.82, 2.24) is 0 Å². The third-order valence-corrected chi connectivity index (χ3v) is 7.43. The number of carbonyl (C=O) groups is 5. The Balaban J connectivity index is -0.000000317. The number of aliphatic hydroxyl groups excluding tert-OH is 3. The molecule has 0 saturated carbocycles. The van der Waals surface area contributed by atoms with Crippen LogP contribution in [0.5, 0.6) is 0 Å². The first-order chi connectivity index (χ1) is 25.9. The number of hydrogen-bond donors (Lipinski definition) is 3. The minimum atomic E-state index is -0.914. The minimum absolute atomic E-state index is 0.156. The highest BCUT2D eigenvalue weighted by Gasteiger charge is 2.25. The van der Waals surface area contributed by atoms with Gasteiger partial charge in [-0.05, 0) is 19.3 Å². The molecule has 0 bridgehead atoms. The summed E-state index contributed by atoms with van der Waals surface area (Å²) < 4.78 is 23.9. The first-order valence-corrected chi connectivity index (χ1v) is 18.7. The van der Waals surface area contributed by atoms with Crippen molar-refractivity contribution < 1.29 is 63.0 Å². The second kappa shape index (κ2) is 43.3. The van der Waals surface area contributed by atoms with Crippen LogP contribution in [0, 0.1) is 5.41 Å². The van der Waals surface area contributed by atoms with E-state index in [9.17, 15) is 24.0 Å². The molecule has 0 radical (unpaired) electrons. The smallest absolute Gasteiger partial charge is 0.330 e. The van der Waals surface area contributed by atoms with Crippen LogP contribution in [0.25, 0.3) is 0 Å². The van der Waals surface area contributed by atoms with E-state index in [0.717, 1.165) is 43.9 Å². The summed E-state index contributed by atoms with van der Waals surface area (Å²) in [6, 6.07) is 0. The molecule has 3 N–H and O–H groups in total. The van der Waals surface area contributed by atoms with E-state index in [2.05, 4.69) is 56.2 Å². The van der Waals surface area contributed by atoms with Crippen LogP contribution in [-0.2, 0) is 47.7 Å². The Morgan fingerprint density at radius 3 is 1.04 bits per heavy atom. The summed E-state index contributed by atoms with van der Waals surface area (Å²) in [6.45, 7) is 22.6. The Morgan fingerprint density at radius 2 is 0.778 bits per heavy atom. The molecule has 312 valence electrons. The zero-order valence-corrected chi connectivity index (χ0v) is 33.3. The van der Waals surface area contributed by atoms with Gasteiger partial charge in [-0.25, -0.2) is 24.0 Å². The summed E-state index contributed by atoms with van der Waals surface area (Å²) >= 11 is 0. The average Bonchev–Trinajstić information content (AvgIpc) is 3.20. The molecule has 0 aliphatic carbocycles. The fraction of sp³-hybridized carbons (Fsp3) is 0.634. The van der Waals surface area contributed by atoms with Crippen molar-refractivity contribution in [2.24, 2.45) is 5.41 Å². The molecule has 0 fully saturated rings. The molecule has 0 spiro atoms. The number of ether oxygens (including phenoxy) is 5. The highest BCUT2D eigenvalue weighted by Crippen LogP contribution is 2.18. The number of hydrogen-bond acceptors (Lipinski definition) is 13. The highest BCUT2D eigenvalue weighted by molar-refractivity contribution is 5.83. The lowest BCUT2D eigenvalue weighted by molar-refractivity contribution is -0.160. The van der Waals surface area contributed by atoms with Crippen LogP contribution in [0.1, 0.15) is 111 Å². The van der Waals surface area contributed by atoms with Crippen molar-refractivity contribution in [1.29, 1.82) is 0 Å². The van der Waals surface area contributed by atoms with E-state index in [1.54, 1.807) is 0 Å². The number of unbranched alkanes of at least 4 members (excludes halogenated alkanes) is 11. The van der Waals surface area contributed by atoms with Gasteiger partial charge in [0.2, 0.25) is 0 Å². The fourth-order valence-electron chi connectivity index (χ4n) is 3.69. The number of rotatable bonds is 29. The molecule has 0 saturated heterocycles. The highest BCUT2D eigenvalue weighted by atomic mass is 16.6. The van der Waals surface area contributed by atoms with E-state index >= 15 is 0 Å². The molecule has 0 aromatic heterocycles. The molecule has 0 aliphatic rings. The molecule has 13 heteroatoms. The normalized spacial score (nSPS) is 9.91. The second-order valence-electron chi connectivity index (χ2n) is 11.9. The summed E-state index contributed by atoms with van der Waals surface area (Å²) in [5.41, 5.74) is -0.667. The van der Waals surface area contributed by atoms with Gasteiger partial charge >= 0.3 is 29.8 Å². The van der Waals surface area contributed by atoms with E-state index in [1.165, 1.54) is 69.9 Å². The Hall–Kier alpha value is -4.07. The van der Waals surface area contributed by atoms with Crippen molar-refractivity contribution in [3.8, 4) is 0 Å². The predicted molar refractivity (Wildman–Crippen MR) is 210 cm³/mol. The summed E-state index contributed by atoms with van der Waals surface area (Å²) in [6.07, 6.45) is 20.9. The molecular formula is C41H70O13. The van der Waals surface area contributed by atoms with Gasteiger partial charge in [0.05, 0.1) is 33.0 Å². The summed E-state index contributed by atoms with van der Waals surface area (Å²) in [5, 5.41) is 26.0. The topological polar surface area (TPSA) is 192 Å². The summed E-state index contributed by atoms with van der Waals surface area (Å²) in [5.74, 6) is -2.69. The Labute approximate surface area is 324 Å². The second-order valence-corrected chi connectivity index (χ2v) is 11.9. The van der Waals surface area contributed by atoms with Crippen molar-refractivity contribution >= 4 is 29.8 Å². The van der Waals surface area contributed by atoms with Crippen LogP contribution in [0.4, 0.5) is 0 Å². The summed E-state index contributed by atoms with van der Waals surface area (Å²) in [4.78, 5) is 53.9. The molecule has 0 atom stereocenters. The largest absolute Gasteiger partial charge is 0.463 e. The van der Waals surface area contributed by atoms with Crippen LogP contribution < -0.4 is 0 Å². The lowest BCUT2D eigenvalue weighted by Gasteiger charge is -2.24. The van der Waals surface area contributed by atoms with E-state index in [1.807, 2.05) is 6.92 Å². The maximum absolute atomic E-state index is 11.0. The van der Waals surface area contributed by atoms with E-state index < -0.39 is 29.4 Å². The van der Waals surface area contributed by atoms with Crippen LogP contribution in [-0.4, -0.2) is 97.5 Å². The Bertz CT molecular complexity index is 977. The van der Waals surface area contributed by atoms with Gasteiger partial charge < -0.3 is 39.0 Å². The monoisotopic (exact) mass is 770 g/mol. The molecule has 13 nitrogen and oxygen atoms in total. The molecule has 0 rings (SSSR count). The van der Waals surface area contributed by atoms with Gasteiger partial charge in [0.25, 0.3) is 0 Å². The first-order valence-electron chi connectivity index (χ1n) is 18.7. The van der Waals surface area contributed by atoms with Crippen LogP contribution in [0.15, 0.2) is 63.3 Å². The maximum Gasteiger partial charge on any atom is 0.330 e. The standard InChI is InChI=1S/C12H14O6.C12H22O2.C11H20O2.C6H14O3/c1-4-10(13)16-7-9(18-12(15)6-3)8-17-11(14)5-2;1-3-5-6-7-8-9-10-11-14-12(13)4-2;1-3-5-6-7-8-9-10-13-11(12)4-2;1-2-6(3-7,4-8)5-9/h4-6,9H,1-3,7-8H2;4H,2-3,5-11H2,1H3;4H,2-3,5-10H2,1H3;7-9H,2-5H2,1H3. The van der Waals surface area contributed by atoms with E-state index in [-0.39, 0.29) is 45.0 Å². The van der Waals surface area contributed by atoms with E-state index in [4.69, 9.17) is 29.5 Å².